The number of carbonyl (C=O) groups excluding carboxylic acids is 2. The summed E-state index contributed by atoms with van der Waals surface area (Å²) in [6, 6.07) is 4.39. The Morgan fingerprint density at radius 3 is 2.74 bits per heavy atom. The number of hydrogen-bond donors (Lipinski definition) is 2. The summed E-state index contributed by atoms with van der Waals surface area (Å²) in [5, 5.41) is 0. The van der Waals surface area contributed by atoms with Crippen LogP contribution in [0.5, 0.6) is 0 Å². The third-order valence-electron chi connectivity index (χ3n) is 2.98. The summed E-state index contributed by atoms with van der Waals surface area (Å²) in [5.41, 5.74) is 6.09. The maximum Gasteiger partial charge on any atom is 0.280 e. The second kappa shape index (κ2) is 5.49. The summed E-state index contributed by atoms with van der Waals surface area (Å²) >= 11 is 0. The van der Waals surface area contributed by atoms with Gasteiger partial charge in [-0.1, -0.05) is 0 Å². The van der Waals surface area contributed by atoms with Gasteiger partial charge in [-0.05, 0) is 18.2 Å². The van der Waals surface area contributed by atoms with Crippen LogP contribution >= 0.6 is 0 Å². The van der Waals surface area contributed by atoms with Gasteiger partial charge in [0, 0.05) is 0 Å². The zero-order valence-electron chi connectivity index (χ0n) is 11.3. The van der Waals surface area contributed by atoms with Gasteiger partial charge in [0.25, 0.3) is 5.56 Å². The first kappa shape index (κ1) is 14.1. The third-order valence-corrected chi connectivity index (χ3v) is 2.98. The molecule has 112 valence electrons. The van der Waals surface area contributed by atoms with Gasteiger partial charge in [-0.3, -0.25) is 14.3 Å². The minimum absolute atomic E-state index is 0.0597. The first-order valence-corrected chi connectivity index (χ1v) is 6.17. The molecule has 0 fully saturated rings. The Balaban J connectivity index is 2.37. The Hall–Kier alpha value is -3.87. The Bertz CT molecular complexity index is 1070. The topological polar surface area (TPSA) is 148 Å². The molecule has 0 spiro atoms. The summed E-state index contributed by atoms with van der Waals surface area (Å²) < 4.78 is 1.40. The number of H-pyrrole nitrogens is 1. The van der Waals surface area contributed by atoms with Gasteiger partial charge in [0.05, 0.1) is 11.4 Å². The van der Waals surface area contributed by atoms with Crippen LogP contribution in [-0.4, -0.2) is 31.7 Å². The number of hydrogen-bond acceptors (Lipinski definition) is 8. The molecule has 10 nitrogen and oxygen atoms in total. The molecule has 10 heteroatoms. The van der Waals surface area contributed by atoms with Crippen molar-refractivity contribution in [3.8, 4) is 5.69 Å². The fraction of sp³-hybridized carbons (Fsp3) is 0. The molecular formula is C13H7N7O3. The smallest absolute Gasteiger partial charge is 0.280 e. The van der Waals surface area contributed by atoms with E-state index in [1.807, 2.05) is 0 Å². The number of nitrogen functional groups attached to an aromatic ring is 1. The van der Waals surface area contributed by atoms with Crippen molar-refractivity contribution in [1.29, 1.82) is 0 Å². The number of aliphatic imine (C=N–C) groups is 2. The molecule has 0 saturated heterocycles. The number of anilines is 1. The zero-order chi connectivity index (χ0) is 16.4. The molecular weight excluding hydrogens is 302 g/mol. The van der Waals surface area contributed by atoms with Crippen molar-refractivity contribution in [3.63, 3.8) is 0 Å². The number of benzene rings is 1. The highest BCUT2D eigenvalue weighted by atomic mass is 16.1. The number of aromatic amines is 1. The standard InChI is InChI=1S/C13H7N7O3/c14-13-18-11-10(12(23)19-13)15-4-20(11)9-3-7(16-5-21)1-2-8(9)17-6-22/h1-4H,(H3,14,18,19,23). The number of aromatic nitrogens is 4. The van der Waals surface area contributed by atoms with Crippen molar-refractivity contribution in [3.05, 3.63) is 34.9 Å². The Morgan fingerprint density at radius 1 is 1.22 bits per heavy atom. The van der Waals surface area contributed by atoms with Crippen LogP contribution in [0.3, 0.4) is 0 Å². The van der Waals surface area contributed by atoms with Gasteiger partial charge in [0.1, 0.15) is 12.0 Å². The van der Waals surface area contributed by atoms with E-state index in [9.17, 15) is 14.4 Å². The van der Waals surface area contributed by atoms with E-state index >= 15 is 0 Å². The third kappa shape index (κ3) is 2.42. The van der Waals surface area contributed by atoms with Crippen LogP contribution in [0.2, 0.25) is 0 Å². The van der Waals surface area contributed by atoms with E-state index in [1.54, 1.807) is 0 Å². The van der Waals surface area contributed by atoms with Crippen molar-refractivity contribution in [2.45, 2.75) is 0 Å². The minimum atomic E-state index is -0.506. The van der Waals surface area contributed by atoms with E-state index in [-0.39, 0.29) is 28.5 Å². The summed E-state index contributed by atoms with van der Waals surface area (Å²) in [5.74, 6) is -0.0910. The second-order valence-electron chi connectivity index (χ2n) is 4.32. The van der Waals surface area contributed by atoms with Crippen LogP contribution in [0.25, 0.3) is 16.9 Å². The number of rotatable bonds is 3. The molecule has 2 aromatic heterocycles. The number of isocyanates is 2. The average molecular weight is 309 g/mol. The van der Waals surface area contributed by atoms with E-state index in [2.05, 4.69) is 24.9 Å². The molecule has 3 rings (SSSR count). The lowest BCUT2D eigenvalue weighted by Gasteiger charge is -2.07. The molecule has 23 heavy (non-hydrogen) atoms. The van der Waals surface area contributed by atoms with E-state index in [4.69, 9.17) is 5.73 Å². The van der Waals surface area contributed by atoms with Gasteiger partial charge in [0.15, 0.2) is 11.2 Å². The lowest BCUT2D eigenvalue weighted by molar-refractivity contribution is 0.564. The average Bonchev–Trinajstić information content (AvgIpc) is 2.93. The number of nitrogens with one attached hydrogen (secondary N) is 1. The van der Waals surface area contributed by atoms with E-state index in [0.717, 1.165) is 0 Å². The quantitative estimate of drug-likeness (QED) is 0.535. The molecule has 0 amide bonds. The maximum atomic E-state index is 11.8. The van der Waals surface area contributed by atoms with E-state index in [0.29, 0.717) is 5.69 Å². The fourth-order valence-electron chi connectivity index (χ4n) is 2.07. The summed E-state index contributed by atoms with van der Waals surface area (Å²) in [7, 11) is 0. The minimum Gasteiger partial charge on any atom is -0.369 e. The zero-order valence-corrected chi connectivity index (χ0v) is 11.3. The van der Waals surface area contributed by atoms with Crippen LogP contribution in [0.4, 0.5) is 17.3 Å². The summed E-state index contributed by atoms with van der Waals surface area (Å²) in [6.45, 7) is 0. The molecule has 0 aliphatic rings. The first-order valence-electron chi connectivity index (χ1n) is 6.17. The Labute approximate surface area is 127 Å². The SMILES string of the molecule is Nc1nc2c(ncn2-c2cc(N=C=O)ccc2N=C=O)c(=O)[nH]1. The molecule has 0 aliphatic heterocycles. The van der Waals surface area contributed by atoms with Gasteiger partial charge in [-0.2, -0.15) is 15.0 Å². The van der Waals surface area contributed by atoms with Gasteiger partial charge < -0.3 is 5.73 Å². The molecule has 0 atom stereocenters. The largest absolute Gasteiger partial charge is 0.369 e. The predicted molar refractivity (Wildman–Crippen MR) is 79.5 cm³/mol. The lowest BCUT2D eigenvalue weighted by atomic mass is 10.2. The van der Waals surface area contributed by atoms with E-state index < -0.39 is 5.56 Å². The number of nitrogens with two attached hydrogens (primary N) is 1. The van der Waals surface area contributed by atoms with Crippen LogP contribution in [0.1, 0.15) is 0 Å². The molecule has 1 aromatic carbocycles. The summed E-state index contributed by atoms with van der Waals surface area (Å²) in [4.78, 5) is 50.2. The molecule has 0 radical (unpaired) electrons. The molecule has 3 N–H and O–H groups in total. The Morgan fingerprint density at radius 2 is 2.00 bits per heavy atom. The van der Waals surface area contributed by atoms with Gasteiger partial charge in [-0.15, -0.1) is 0 Å². The normalized spacial score (nSPS) is 10.1. The monoisotopic (exact) mass is 309 g/mol. The molecule has 0 unspecified atom stereocenters. The summed E-state index contributed by atoms with van der Waals surface area (Å²) in [6.07, 6.45) is 4.16. The van der Waals surface area contributed by atoms with Crippen LogP contribution in [0, 0.1) is 0 Å². The van der Waals surface area contributed by atoms with Gasteiger partial charge >= 0.3 is 0 Å². The molecule has 2 heterocycles. The first-order chi connectivity index (χ1) is 11.1. The van der Waals surface area contributed by atoms with Crippen LogP contribution in [-0.2, 0) is 9.59 Å². The second-order valence-corrected chi connectivity index (χ2v) is 4.32. The van der Waals surface area contributed by atoms with Crippen molar-refractivity contribution in [2.75, 3.05) is 5.73 Å². The highest BCUT2D eigenvalue weighted by Gasteiger charge is 2.14. The van der Waals surface area contributed by atoms with Crippen molar-refractivity contribution in [1.82, 2.24) is 19.5 Å². The molecule has 0 aliphatic carbocycles. The van der Waals surface area contributed by atoms with Crippen LogP contribution < -0.4 is 11.3 Å². The predicted octanol–water partition coefficient (Wildman–Crippen LogP) is 0.626. The number of fused-ring (bicyclic) bond motifs is 1. The highest BCUT2D eigenvalue weighted by molar-refractivity contribution is 5.77. The van der Waals surface area contributed by atoms with Gasteiger partial charge in [-0.25, -0.2) is 14.6 Å². The van der Waals surface area contributed by atoms with Crippen LogP contribution in [0.15, 0.2) is 39.3 Å². The molecule has 0 saturated carbocycles. The van der Waals surface area contributed by atoms with Crippen molar-refractivity contribution in [2.24, 2.45) is 9.98 Å². The number of nitrogens with zero attached hydrogens (tertiary/aromatic N) is 5. The van der Waals surface area contributed by atoms with E-state index in [1.165, 1.54) is 41.3 Å². The highest BCUT2D eigenvalue weighted by Crippen LogP contribution is 2.29. The fourth-order valence-corrected chi connectivity index (χ4v) is 2.07. The van der Waals surface area contributed by atoms with Gasteiger partial charge in [0.2, 0.25) is 18.1 Å². The molecule has 0 bridgehead atoms. The lowest BCUT2D eigenvalue weighted by Crippen LogP contribution is -2.12. The molecule has 3 aromatic rings. The van der Waals surface area contributed by atoms with Crippen molar-refractivity contribution >= 4 is 40.6 Å². The maximum absolute atomic E-state index is 11.8. The Kier molecular flexibility index (Phi) is 3.36. The number of imidazole rings is 1. The van der Waals surface area contributed by atoms with Crippen molar-refractivity contribution < 1.29 is 9.59 Å².